The quantitative estimate of drug-likeness (QED) is 0.639. The van der Waals surface area contributed by atoms with Crippen molar-refractivity contribution in [3.8, 4) is 0 Å². The van der Waals surface area contributed by atoms with Crippen LogP contribution in [0.3, 0.4) is 0 Å². The summed E-state index contributed by atoms with van der Waals surface area (Å²) in [5.74, 6) is -1.18. The van der Waals surface area contributed by atoms with Gasteiger partial charge in [0.2, 0.25) is 5.91 Å². The number of para-hydroxylation sites is 1. The summed E-state index contributed by atoms with van der Waals surface area (Å²) >= 11 is 1.01. The Morgan fingerprint density at radius 1 is 1.23 bits per heavy atom. The maximum absolute atomic E-state index is 12.7. The SMILES string of the molecule is Cc1c(C(=O)Nc2ccccc2)sc2[nH]c(=O)n(C(C)C(N)=O)c(=O)c12. The van der Waals surface area contributed by atoms with E-state index in [0.717, 1.165) is 15.9 Å². The summed E-state index contributed by atoms with van der Waals surface area (Å²) in [5.41, 5.74) is 4.87. The number of amides is 2. The van der Waals surface area contributed by atoms with Crippen molar-refractivity contribution < 1.29 is 9.59 Å². The number of thiophene rings is 1. The van der Waals surface area contributed by atoms with Crippen LogP contribution in [0.2, 0.25) is 0 Å². The minimum Gasteiger partial charge on any atom is -0.368 e. The number of hydrogen-bond donors (Lipinski definition) is 3. The number of carbonyl (C=O) groups excluding carboxylic acids is 2. The average Bonchev–Trinajstić information content (AvgIpc) is 2.92. The summed E-state index contributed by atoms with van der Waals surface area (Å²) < 4.78 is 0.767. The minimum absolute atomic E-state index is 0.195. The lowest BCUT2D eigenvalue weighted by atomic mass is 10.2. The van der Waals surface area contributed by atoms with E-state index in [1.807, 2.05) is 6.07 Å². The van der Waals surface area contributed by atoms with E-state index in [2.05, 4.69) is 10.3 Å². The maximum atomic E-state index is 12.7. The molecule has 134 valence electrons. The Labute approximate surface area is 151 Å². The molecule has 0 radical (unpaired) electrons. The molecule has 3 rings (SSSR count). The van der Waals surface area contributed by atoms with Crippen molar-refractivity contribution >= 4 is 39.1 Å². The van der Waals surface area contributed by atoms with Gasteiger partial charge in [-0.25, -0.2) is 9.36 Å². The molecule has 2 amide bonds. The molecule has 0 aliphatic heterocycles. The topological polar surface area (TPSA) is 127 Å². The van der Waals surface area contributed by atoms with Gasteiger partial charge >= 0.3 is 5.69 Å². The monoisotopic (exact) mass is 372 g/mol. The fraction of sp³-hybridized carbons (Fsp3) is 0.176. The molecule has 0 aliphatic rings. The minimum atomic E-state index is -1.10. The molecule has 1 aromatic carbocycles. The Morgan fingerprint density at radius 3 is 2.50 bits per heavy atom. The highest BCUT2D eigenvalue weighted by atomic mass is 32.1. The molecule has 0 aliphatic carbocycles. The van der Waals surface area contributed by atoms with Gasteiger partial charge < -0.3 is 11.1 Å². The summed E-state index contributed by atoms with van der Waals surface area (Å²) in [6, 6.07) is 7.78. The van der Waals surface area contributed by atoms with E-state index in [-0.39, 0.29) is 16.1 Å². The second kappa shape index (κ2) is 6.60. The number of primary amides is 1. The number of rotatable bonds is 4. The Kier molecular flexibility index (Phi) is 4.47. The summed E-state index contributed by atoms with van der Waals surface area (Å²) in [6.07, 6.45) is 0. The van der Waals surface area contributed by atoms with Crippen LogP contribution in [0, 0.1) is 6.92 Å². The number of H-pyrrole nitrogens is 1. The molecule has 3 aromatic rings. The van der Waals surface area contributed by atoms with E-state index in [1.165, 1.54) is 6.92 Å². The van der Waals surface area contributed by atoms with Crippen molar-refractivity contribution in [2.75, 3.05) is 5.32 Å². The zero-order valence-corrected chi connectivity index (χ0v) is 14.8. The van der Waals surface area contributed by atoms with Gasteiger partial charge in [0.1, 0.15) is 10.9 Å². The van der Waals surface area contributed by atoms with E-state index in [0.29, 0.717) is 16.1 Å². The standard InChI is InChI=1S/C17H16N4O4S/c1-8-11-15(20-17(25)21(16(11)24)9(2)13(18)22)26-12(8)14(23)19-10-6-4-3-5-7-10/h3-7,9H,1-2H3,(H2,18,22)(H,19,23)(H,20,25). The second-order valence-electron chi connectivity index (χ2n) is 5.76. The Bertz CT molecular complexity index is 1130. The fourth-order valence-corrected chi connectivity index (χ4v) is 3.72. The first-order valence-electron chi connectivity index (χ1n) is 7.75. The van der Waals surface area contributed by atoms with E-state index in [9.17, 15) is 19.2 Å². The number of nitrogens with two attached hydrogens (primary N) is 1. The first kappa shape index (κ1) is 17.6. The third-order valence-corrected chi connectivity index (χ3v) is 5.26. The van der Waals surface area contributed by atoms with Crippen LogP contribution < -0.4 is 22.3 Å². The van der Waals surface area contributed by atoms with Gasteiger partial charge in [0.25, 0.3) is 11.5 Å². The summed E-state index contributed by atoms with van der Waals surface area (Å²) in [6.45, 7) is 2.99. The van der Waals surface area contributed by atoms with Gasteiger partial charge in [-0.15, -0.1) is 11.3 Å². The molecule has 0 bridgehead atoms. The maximum Gasteiger partial charge on any atom is 0.330 e. The van der Waals surface area contributed by atoms with E-state index in [1.54, 1.807) is 31.2 Å². The molecule has 4 N–H and O–H groups in total. The number of nitrogens with one attached hydrogen (secondary N) is 2. The third kappa shape index (κ3) is 2.93. The first-order chi connectivity index (χ1) is 12.3. The normalized spacial score (nSPS) is 12.1. The molecule has 0 saturated heterocycles. The summed E-state index contributed by atoms with van der Waals surface area (Å²) in [4.78, 5) is 52.0. The lowest BCUT2D eigenvalue weighted by Gasteiger charge is -2.09. The number of hydrogen-bond acceptors (Lipinski definition) is 5. The van der Waals surface area contributed by atoms with Crippen LogP contribution in [0.15, 0.2) is 39.9 Å². The van der Waals surface area contributed by atoms with E-state index >= 15 is 0 Å². The van der Waals surface area contributed by atoms with Crippen LogP contribution in [0.1, 0.15) is 28.2 Å². The third-order valence-electron chi connectivity index (χ3n) is 4.06. The molecule has 26 heavy (non-hydrogen) atoms. The van der Waals surface area contributed by atoms with Gasteiger partial charge in [-0.05, 0) is 31.5 Å². The zero-order chi connectivity index (χ0) is 19.0. The Morgan fingerprint density at radius 2 is 1.88 bits per heavy atom. The molecule has 0 saturated carbocycles. The number of fused-ring (bicyclic) bond motifs is 1. The smallest absolute Gasteiger partial charge is 0.330 e. The number of carbonyl (C=O) groups is 2. The molecule has 9 heteroatoms. The number of anilines is 1. The van der Waals surface area contributed by atoms with Gasteiger partial charge in [-0.2, -0.15) is 0 Å². The highest BCUT2D eigenvalue weighted by Gasteiger charge is 2.23. The van der Waals surface area contributed by atoms with Gasteiger partial charge in [-0.3, -0.25) is 19.4 Å². The first-order valence-corrected chi connectivity index (χ1v) is 8.56. The number of aromatic amines is 1. The predicted molar refractivity (Wildman–Crippen MR) is 99.7 cm³/mol. The molecular formula is C17H16N4O4S. The van der Waals surface area contributed by atoms with Crippen LogP contribution in [-0.4, -0.2) is 21.4 Å². The number of aryl methyl sites for hydroxylation is 1. The Balaban J connectivity index is 2.13. The molecule has 0 fully saturated rings. The molecule has 1 atom stereocenters. The van der Waals surface area contributed by atoms with Gasteiger partial charge in [0, 0.05) is 5.69 Å². The zero-order valence-electron chi connectivity index (χ0n) is 14.0. The molecule has 2 aromatic heterocycles. The van der Waals surface area contributed by atoms with Crippen molar-refractivity contribution in [1.29, 1.82) is 0 Å². The van der Waals surface area contributed by atoms with Crippen LogP contribution in [0.25, 0.3) is 10.2 Å². The number of aromatic nitrogens is 2. The molecule has 2 heterocycles. The van der Waals surface area contributed by atoms with Gasteiger partial charge in [-0.1, -0.05) is 18.2 Å². The lowest BCUT2D eigenvalue weighted by Crippen LogP contribution is -2.41. The summed E-state index contributed by atoms with van der Waals surface area (Å²) in [5, 5.41) is 2.94. The highest BCUT2D eigenvalue weighted by Crippen LogP contribution is 2.27. The van der Waals surface area contributed by atoms with Crippen LogP contribution >= 0.6 is 11.3 Å². The van der Waals surface area contributed by atoms with Crippen molar-refractivity contribution in [2.24, 2.45) is 5.73 Å². The van der Waals surface area contributed by atoms with Crippen molar-refractivity contribution in [3.05, 3.63) is 61.6 Å². The predicted octanol–water partition coefficient (Wildman–Crippen LogP) is 1.36. The largest absolute Gasteiger partial charge is 0.368 e. The fourth-order valence-electron chi connectivity index (χ4n) is 2.63. The van der Waals surface area contributed by atoms with Crippen molar-refractivity contribution in [1.82, 2.24) is 9.55 Å². The van der Waals surface area contributed by atoms with E-state index in [4.69, 9.17) is 5.73 Å². The molecule has 1 unspecified atom stereocenters. The van der Waals surface area contributed by atoms with Gasteiger partial charge in [0.05, 0.1) is 10.3 Å². The molecule has 0 spiro atoms. The van der Waals surface area contributed by atoms with Gasteiger partial charge in [0.15, 0.2) is 0 Å². The highest BCUT2D eigenvalue weighted by molar-refractivity contribution is 7.20. The Hall–Kier alpha value is -3.20. The van der Waals surface area contributed by atoms with Crippen LogP contribution in [-0.2, 0) is 4.79 Å². The summed E-state index contributed by atoms with van der Waals surface area (Å²) in [7, 11) is 0. The van der Waals surface area contributed by atoms with Crippen LogP contribution in [0.5, 0.6) is 0 Å². The molecule has 8 nitrogen and oxygen atoms in total. The van der Waals surface area contributed by atoms with Crippen LogP contribution in [0.4, 0.5) is 5.69 Å². The molecular weight excluding hydrogens is 356 g/mol. The lowest BCUT2D eigenvalue weighted by molar-refractivity contribution is -0.120. The van der Waals surface area contributed by atoms with Crippen molar-refractivity contribution in [2.45, 2.75) is 19.9 Å². The number of benzene rings is 1. The average molecular weight is 372 g/mol. The number of nitrogens with zero attached hydrogens (tertiary/aromatic N) is 1. The van der Waals surface area contributed by atoms with E-state index < -0.39 is 23.2 Å². The van der Waals surface area contributed by atoms with Crippen molar-refractivity contribution in [3.63, 3.8) is 0 Å². The second-order valence-corrected chi connectivity index (χ2v) is 6.78.